The number of nitrogens with zero attached hydrogens (tertiary/aromatic N) is 2. The lowest BCUT2D eigenvalue weighted by molar-refractivity contribution is -0.138. The van der Waals surface area contributed by atoms with Gasteiger partial charge in [0.05, 0.1) is 31.1 Å². The molecule has 3 aliphatic heterocycles. The number of aromatic nitrogens is 1. The van der Waals surface area contributed by atoms with Crippen molar-refractivity contribution in [3.05, 3.63) is 40.6 Å². The van der Waals surface area contributed by atoms with Gasteiger partial charge in [-0.3, -0.25) is 10.1 Å². The lowest BCUT2D eigenvalue weighted by Gasteiger charge is -2.36. The van der Waals surface area contributed by atoms with E-state index in [-0.39, 0.29) is 29.3 Å². The van der Waals surface area contributed by atoms with Crippen LogP contribution in [0.2, 0.25) is 0 Å². The topological polar surface area (TPSA) is 103 Å². The van der Waals surface area contributed by atoms with Gasteiger partial charge in [0.25, 0.3) is 5.91 Å². The number of aromatic amines is 1. The van der Waals surface area contributed by atoms with Crippen LogP contribution < -0.4 is 20.7 Å². The second kappa shape index (κ2) is 9.56. The van der Waals surface area contributed by atoms with Crippen molar-refractivity contribution >= 4 is 23.4 Å². The molecule has 0 bridgehead atoms. The van der Waals surface area contributed by atoms with Crippen LogP contribution in [0.3, 0.4) is 0 Å². The molecule has 5 rings (SSSR count). The highest BCUT2D eigenvalue weighted by molar-refractivity contribution is 6.07. The number of hydrogen-bond acceptors (Lipinski definition) is 7. The van der Waals surface area contributed by atoms with Gasteiger partial charge in [0, 0.05) is 48.4 Å². The lowest BCUT2D eigenvalue weighted by Crippen LogP contribution is -2.48. The fraction of sp³-hybridized carbons (Fsp3) is 0.520. The van der Waals surface area contributed by atoms with Crippen molar-refractivity contribution in [1.29, 1.82) is 0 Å². The second-order valence-electron chi connectivity index (χ2n) is 9.66. The number of benzene rings is 1. The van der Waals surface area contributed by atoms with E-state index in [4.69, 9.17) is 9.47 Å². The molecule has 1 amide bonds. The monoisotopic (exact) mass is 520 g/mol. The van der Waals surface area contributed by atoms with Gasteiger partial charge >= 0.3 is 6.18 Å². The summed E-state index contributed by atoms with van der Waals surface area (Å²) in [6, 6.07) is 3.41. The zero-order valence-electron chi connectivity index (χ0n) is 21.0. The van der Waals surface area contributed by atoms with Gasteiger partial charge in [0.1, 0.15) is 17.2 Å². The molecule has 1 unspecified atom stereocenters. The standard InChI is InChI=1S/C25H31F3N6O3/c1-4-14(2)32-24(3)19-17(25(26,27)28)13-29-21(19)31-23(33-24)30-18-6-5-16(15-7-10-37-20(15)18)22(35)34-8-11-36-12-9-34/h5-6,13-14,29,32H,4,7-12H2,1-3H3,(H2,30,31,33)/t14-,24?/m0/s1. The number of morpholine rings is 1. The van der Waals surface area contributed by atoms with Crippen LogP contribution in [0.1, 0.15) is 54.2 Å². The first kappa shape index (κ1) is 25.4. The summed E-state index contributed by atoms with van der Waals surface area (Å²) >= 11 is 0. The molecule has 1 saturated heterocycles. The SMILES string of the molecule is CC[C@H](C)NC1(C)N=C(Nc2ccc(C(=O)N3CCOCC3)c3c2OCC3)Nc2[nH]cc(C(F)(F)F)c21. The summed E-state index contributed by atoms with van der Waals surface area (Å²) in [5.74, 6) is 0.949. The molecule has 4 N–H and O–H groups in total. The van der Waals surface area contributed by atoms with Crippen molar-refractivity contribution in [1.82, 2.24) is 15.2 Å². The fourth-order valence-corrected chi connectivity index (χ4v) is 5.08. The number of rotatable bonds is 5. The Kier molecular flexibility index (Phi) is 6.57. The fourth-order valence-electron chi connectivity index (χ4n) is 5.08. The smallest absolute Gasteiger partial charge is 0.418 e. The van der Waals surface area contributed by atoms with E-state index in [0.29, 0.717) is 62.8 Å². The Morgan fingerprint density at radius 3 is 2.73 bits per heavy atom. The molecule has 2 aromatic rings. The molecule has 1 fully saturated rings. The van der Waals surface area contributed by atoms with Crippen LogP contribution in [-0.4, -0.2) is 60.7 Å². The average Bonchev–Trinajstić information content (AvgIpc) is 3.52. The van der Waals surface area contributed by atoms with Crippen molar-refractivity contribution in [2.75, 3.05) is 43.5 Å². The van der Waals surface area contributed by atoms with Crippen molar-refractivity contribution < 1.29 is 27.4 Å². The summed E-state index contributed by atoms with van der Waals surface area (Å²) in [6.45, 7) is 8.01. The van der Waals surface area contributed by atoms with E-state index in [1.165, 1.54) is 0 Å². The maximum Gasteiger partial charge on any atom is 0.418 e. The van der Waals surface area contributed by atoms with Gasteiger partial charge in [-0.15, -0.1) is 0 Å². The van der Waals surface area contributed by atoms with Gasteiger partial charge in [-0.1, -0.05) is 6.92 Å². The van der Waals surface area contributed by atoms with Crippen LogP contribution in [0.5, 0.6) is 5.75 Å². The van der Waals surface area contributed by atoms with Gasteiger partial charge in [0.2, 0.25) is 5.96 Å². The van der Waals surface area contributed by atoms with Crippen LogP contribution in [-0.2, 0) is 23.0 Å². The molecule has 2 atom stereocenters. The highest BCUT2D eigenvalue weighted by Crippen LogP contribution is 2.44. The molecule has 200 valence electrons. The number of ether oxygens (including phenoxy) is 2. The van der Waals surface area contributed by atoms with Crippen molar-refractivity contribution in [2.24, 2.45) is 4.99 Å². The molecular formula is C25H31F3N6O3. The Labute approximate surface area is 212 Å². The maximum absolute atomic E-state index is 13.8. The first-order valence-electron chi connectivity index (χ1n) is 12.5. The van der Waals surface area contributed by atoms with E-state index in [9.17, 15) is 18.0 Å². The lowest BCUT2D eigenvalue weighted by atomic mass is 9.96. The molecule has 37 heavy (non-hydrogen) atoms. The summed E-state index contributed by atoms with van der Waals surface area (Å²) in [4.78, 5) is 22.3. The van der Waals surface area contributed by atoms with Crippen LogP contribution in [0, 0.1) is 0 Å². The van der Waals surface area contributed by atoms with Gasteiger partial charge in [-0.25, -0.2) is 4.99 Å². The third-order valence-electron chi connectivity index (χ3n) is 7.03. The van der Waals surface area contributed by atoms with E-state index < -0.39 is 17.4 Å². The number of fused-ring (bicyclic) bond motifs is 2. The molecule has 1 aromatic carbocycles. The molecule has 12 heteroatoms. The minimum Gasteiger partial charge on any atom is -0.491 e. The molecule has 3 aliphatic rings. The zero-order chi connectivity index (χ0) is 26.4. The average molecular weight is 521 g/mol. The van der Waals surface area contributed by atoms with Crippen molar-refractivity contribution in [3.63, 3.8) is 0 Å². The normalized spacial score (nSPS) is 21.9. The molecule has 0 aliphatic carbocycles. The number of halogens is 3. The zero-order valence-corrected chi connectivity index (χ0v) is 21.0. The third kappa shape index (κ3) is 4.75. The molecule has 0 saturated carbocycles. The maximum atomic E-state index is 13.8. The van der Waals surface area contributed by atoms with Gasteiger partial charge in [-0.05, 0) is 32.4 Å². The van der Waals surface area contributed by atoms with Crippen LogP contribution in [0.4, 0.5) is 24.7 Å². The largest absolute Gasteiger partial charge is 0.491 e. The minimum atomic E-state index is -4.54. The number of amides is 1. The molecule has 1 aromatic heterocycles. The highest BCUT2D eigenvalue weighted by Gasteiger charge is 2.45. The molecule has 0 radical (unpaired) electrons. The second-order valence-corrected chi connectivity index (χ2v) is 9.66. The van der Waals surface area contributed by atoms with E-state index in [0.717, 1.165) is 11.8 Å². The number of aliphatic imine (C=N–C) groups is 1. The summed E-state index contributed by atoms with van der Waals surface area (Å²) in [6.07, 6.45) is -2.29. The number of carbonyl (C=O) groups is 1. The van der Waals surface area contributed by atoms with Crippen LogP contribution in [0.25, 0.3) is 0 Å². The predicted octanol–water partition coefficient (Wildman–Crippen LogP) is 3.90. The Bertz CT molecular complexity index is 1220. The summed E-state index contributed by atoms with van der Waals surface area (Å²) < 4.78 is 52.7. The Hall–Kier alpha value is -3.25. The minimum absolute atomic E-state index is 0.0128. The quantitative estimate of drug-likeness (QED) is 0.477. The van der Waals surface area contributed by atoms with E-state index in [2.05, 4.69) is 25.9 Å². The molecular weight excluding hydrogens is 489 g/mol. The Morgan fingerprint density at radius 2 is 2.03 bits per heavy atom. The summed E-state index contributed by atoms with van der Waals surface area (Å²) in [5.41, 5.74) is -0.139. The Morgan fingerprint density at radius 1 is 1.27 bits per heavy atom. The number of H-pyrrole nitrogens is 1. The van der Waals surface area contributed by atoms with Crippen LogP contribution >= 0.6 is 0 Å². The van der Waals surface area contributed by atoms with E-state index in [1.54, 1.807) is 24.0 Å². The number of hydrogen-bond donors (Lipinski definition) is 4. The van der Waals surface area contributed by atoms with E-state index >= 15 is 0 Å². The number of carbonyl (C=O) groups excluding carboxylic acids is 1. The van der Waals surface area contributed by atoms with E-state index in [1.807, 2.05) is 13.8 Å². The first-order chi connectivity index (χ1) is 17.6. The van der Waals surface area contributed by atoms with Gasteiger partial charge in [-0.2, -0.15) is 13.2 Å². The molecule has 0 spiro atoms. The molecule has 4 heterocycles. The van der Waals surface area contributed by atoms with Crippen molar-refractivity contribution in [3.8, 4) is 5.75 Å². The highest BCUT2D eigenvalue weighted by atomic mass is 19.4. The van der Waals surface area contributed by atoms with Gasteiger partial charge in [0.15, 0.2) is 0 Å². The number of nitrogens with one attached hydrogen (secondary N) is 4. The third-order valence-corrected chi connectivity index (χ3v) is 7.03. The van der Waals surface area contributed by atoms with Gasteiger partial charge < -0.3 is 30.0 Å². The predicted molar refractivity (Wildman–Crippen MR) is 133 cm³/mol. The summed E-state index contributed by atoms with van der Waals surface area (Å²) in [7, 11) is 0. The first-order valence-corrected chi connectivity index (χ1v) is 12.5. The number of anilines is 2. The van der Waals surface area contributed by atoms with Crippen molar-refractivity contribution in [2.45, 2.75) is 51.5 Å². The summed E-state index contributed by atoms with van der Waals surface area (Å²) in [5, 5.41) is 9.40. The van der Waals surface area contributed by atoms with Crippen LogP contribution in [0.15, 0.2) is 23.3 Å². The molecule has 9 nitrogen and oxygen atoms in total. The Balaban J connectivity index is 1.47. The number of guanidine groups is 1. The number of alkyl halides is 3.